The highest BCUT2D eigenvalue weighted by Crippen LogP contribution is 2.22. The van der Waals surface area contributed by atoms with Crippen molar-refractivity contribution in [1.82, 2.24) is 4.90 Å². The van der Waals surface area contributed by atoms with Gasteiger partial charge in [-0.2, -0.15) is 0 Å². The van der Waals surface area contributed by atoms with Crippen LogP contribution in [0.5, 0.6) is 0 Å². The Bertz CT molecular complexity index is 643. The fourth-order valence-electron chi connectivity index (χ4n) is 2.46. The number of sulfonamides is 1. The smallest absolute Gasteiger partial charge is 0.256 e. The maximum atomic E-state index is 13.7. The third-order valence-electron chi connectivity index (χ3n) is 3.53. The maximum Gasteiger partial charge on any atom is 0.256 e. The van der Waals surface area contributed by atoms with Crippen molar-refractivity contribution in [2.75, 3.05) is 18.8 Å². The third-order valence-corrected chi connectivity index (χ3v) is 4.70. The number of nitrogens with two attached hydrogens (primary N) is 1. The molecule has 1 amide bonds. The predicted molar refractivity (Wildman–Crippen MR) is 78.0 cm³/mol. The summed E-state index contributed by atoms with van der Waals surface area (Å²) in [7, 11) is -3.50. The van der Waals surface area contributed by atoms with E-state index in [-0.39, 0.29) is 22.3 Å². The van der Waals surface area contributed by atoms with Crippen LogP contribution < -0.4 is 5.14 Å². The number of amides is 1. The Morgan fingerprint density at radius 2 is 2.00 bits per heavy atom. The first kappa shape index (κ1) is 16.2. The van der Waals surface area contributed by atoms with Gasteiger partial charge in [-0.05, 0) is 37.0 Å². The van der Waals surface area contributed by atoms with E-state index in [2.05, 4.69) is 0 Å². The van der Waals surface area contributed by atoms with Crippen molar-refractivity contribution in [2.24, 2.45) is 11.1 Å². The molecule has 1 heterocycles. The Morgan fingerprint density at radius 1 is 1.38 bits per heavy atom. The number of primary sulfonamides is 1. The van der Waals surface area contributed by atoms with Crippen LogP contribution in [0.1, 0.15) is 23.2 Å². The summed E-state index contributed by atoms with van der Waals surface area (Å²) in [5, 5.41) is 5.25. The van der Waals surface area contributed by atoms with Gasteiger partial charge in [0.1, 0.15) is 5.82 Å². The molecular weight excluding hydrogens is 319 g/mol. The van der Waals surface area contributed by atoms with Crippen LogP contribution in [0.3, 0.4) is 0 Å². The van der Waals surface area contributed by atoms with Crippen LogP contribution >= 0.6 is 11.6 Å². The molecule has 1 aliphatic rings. The zero-order valence-electron chi connectivity index (χ0n) is 11.3. The van der Waals surface area contributed by atoms with E-state index < -0.39 is 21.7 Å². The van der Waals surface area contributed by atoms with Crippen molar-refractivity contribution in [3.8, 4) is 0 Å². The first-order valence-corrected chi connectivity index (χ1v) is 8.60. The number of carbonyl (C=O) groups excluding carboxylic acids is 1. The number of hydrogen-bond donors (Lipinski definition) is 1. The van der Waals surface area contributed by atoms with Gasteiger partial charge in [0.15, 0.2) is 0 Å². The molecule has 2 N–H and O–H groups in total. The van der Waals surface area contributed by atoms with Crippen LogP contribution in [-0.2, 0) is 10.0 Å². The standard InChI is InChI=1S/C13H16ClFN2O3S/c14-10-1-2-11(12(15)7-10)13(18)17-5-3-9(4-6-17)8-21(16,19)20/h1-2,7,9H,3-6,8H2,(H2,16,19,20). The molecule has 0 spiro atoms. The average molecular weight is 335 g/mol. The van der Waals surface area contributed by atoms with Gasteiger partial charge >= 0.3 is 0 Å². The topological polar surface area (TPSA) is 80.5 Å². The van der Waals surface area contributed by atoms with Crippen LogP contribution in [0.4, 0.5) is 4.39 Å². The van der Waals surface area contributed by atoms with Crippen LogP contribution in [0.25, 0.3) is 0 Å². The predicted octanol–water partition coefficient (Wildman–Crippen LogP) is 1.62. The van der Waals surface area contributed by atoms with Gasteiger partial charge in [-0.15, -0.1) is 0 Å². The maximum absolute atomic E-state index is 13.7. The Kier molecular flexibility index (Phi) is 4.85. The second kappa shape index (κ2) is 6.29. The van der Waals surface area contributed by atoms with E-state index in [1.165, 1.54) is 17.0 Å². The molecule has 8 heteroatoms. The van der Waals surface area contributed by atoms with Crippen LogP contribution in [0, 0.1) is 11.7 Å². The summed E-state index contributed by atoms with van der Waals surface area (Å²) in [6.07, 6.45) is 1.08. The van der Waals surface area contributed by atoms with Gasteiger partial charge in [0.05, 0.1) is 11.3 Å². The third kappa shape index (κ3) is 4.39. The van der Waals surface area contributed by atoms with E-state index in [0.717, 1.165) is 6.07 Å². The number of benzene rings is 1. The van der Waals surface area contributed by atoms with Gasteiger partial charge in [-0.1, -0.05) is 11.6 Å². The second-order valence-corrected chi connectivity index (χ2v) is 7.28. The molecule has 2 rings (SSSR count). The lowest BCUT2D eigenvalue weighted by atomic mass is 9.98. The highest BCUT2D eigenvalue weighted by molar-refractivity contribution is 7.89. The van der Waals surface area contributed by atoms with Gasteiger partial charge in [0, 0.05) is 18.1 Å². The van der Waals surface area contributed by atoms with E-state index >= 15 is 0 Å². The highest BCUT2D eigenvalue weighted by atomic mass is 35.5. The average Bonchev–Trinajstić information content (AvgIpc) is 2.37. The first-order chi connectivity index (χ1) is 9.76. The van der Waals surface area contributed by atoms with Crippen LogP contribution in [0.15, 0.2) is 18.2 Å². The Hall–Kier alpha value is -1.18. The molecule has 116 valence electrons. The van der Waals surface area contributed by atoms with E-state index in [4.69, 9.17) is 16.7 Å². The summed E-state index contributed by atoms with van der Waals surface area (Å²) in [5.74, 6) is -1.19. The molecule has 0 atom stereocenters. The molecule has 1 saturated heterocycles. The lowest BCUT2D eigenvalue weighted by molar-refractivity contribution is 0.0693. The Balaban J connectivity index is 2.00. The number of rotatable bonds is 3. The van der Waals surface area contributed by atoms with Crippen molar-refractivity contribution in [3.05, 3.63) is 34.6 Å². The molecule has 1 fully saturated rings. The van der Waals surface area contributed by atoms with E-state index in [1.54, 1.807) is 0 Å². The number of likely N-dealkylation sites (tertiary alicyclic amines) is 1. The number of carbonyl (C=O) groups is 1. The van der Waals surface area contributed by atoms with Crippen molar-refractivity contribution < 1.29 is 17.6 Å². The molecule has 0 aliphatic carbocycles. The fraction of sp³-hybridized carbons (Fsp3) is 0.462. The highest BCUT2D eigenvalue weighted by Gasteiger charge is 2.27. The Labute approximate surface area is 127 Å². The van der Waals surface area contributed by atoms with Crippen molar-refractivity contribution >= 4 is 27.5 Å². The molecule has 1 aromatic rings. The molecule has 1 aromatic carbocycles. The van der Waals surface area contributed by atoms with Gasteiger partial charge < -0.3 is 4.90 Å². The molecular formula is C13H16ClFN2O3S. The second-order valence-electron chi connectivity index (χ2n) is 5.19. The van der Waals surface area contributed by atoms with Crippen molar-refractivity contribution in [3.63, 3.8) is 0 Å². The summed E-state index contributed by atoms with van der Waals surface area (Å²) >= 11 is 5.65. The minimum absolute atomic E-state index is 0.0238. The Morgan fingerprint density at radius 3 is 2.52 bits per heavy atom. The number of piperidine rings is 1. The van der Waals surface area contributed by atoms with Gasteiger partial charge in [0.2, 0.25) is 10.0 Å². The molecule has 0 bridgehead atoms. The lowest BCUT2D eigenvalue weighted by Crippen LogP contribution is -2.40. The minimum atomic E-state index is -3.50. The summed E-state index contributed by atoms with van der Waals surface area (Å²) < 4.78 is 35.8. The summed E-state index contributed by atoms with van der Waals surface area (Å²) in [6.45, 7) is 0.780. The lowest BCUT2D eigenvalue weighted by Gasteiger charge is -2.31. The van der Waals surface area contributed by atoms with Gasteiger partial charge in [0.25, 0.3) is 5.91 Å². The molecule has 1 aliphatic heterocycles. The van der Waals surface area contributed by atoms with Crippen LogP contribution in [0.2, 0.25) is 5.02 Å². The zero-order valence-corrected chi connectivity index (χ0v) is 12.8. The summed E-state index contributed by atoms with van der Waals surface area (Å²) in [4.78, 5) is 13.7. The summed E-state index contributed by atoms with van der Waals surface area (Å²) in [5.41, 5.74) is -0.0238. The largest absolute Gasteiger partial charge is 0.339 e. The van der Waals surface area contributed by atoms with Gasteiger partial charge in [-0.3, -0.25) is 4.79 Å². The van der Waals surface area contributed by atoms with Crippen molar-refractivity contribution in [1.29, 1.82) is 0 Å². The molecule has 0 aromatic heterocycles. The van der Waals surface area contributed by atoms with E-state index in [0.29, 0.717) is 25.9 Å². The fourth-order valence-corrected chi connectivity index (χ4v) is 3.61. The molecule has 0 saturated carbocycles. The molecule has 5 nitrogen and oxygen atoms in total. The monoisotopic (exact) mass is 334 g/mol. The van der Waals surface area contributed by atoms with Crippen molar-refractivity contribution in [2.45, 2.75) is 12.8 Å². The zero-order chi connectivity index (χ0) is 15.6. The minimum Gasteiger partial charge on any atom is -0.339 e. The SMILES string of the molecule is NS(=O)(=O)CC1CCN(C(=O)c2ccc(Cl)cc2F)CC1. The number of nitrogens with zero attached hydrogens (tertiary/aromatic N) is 1. The molecule has 0 unspecified atom stereocenters. The van der Waals surface area contributed by atoms with E-state index in [1.807, 2.05) is 0 Å². The molecule has 0 radical (unpaired) electrons. The summed E-state index contributed by atoms with van der Waals surface area (Å²) in [6, 6.07) is 3.92. The molecule has 21 heavy (non-hydrogen) atoms. The van der Waals surface area contributed by atoms with Gasteiger partial charge in [-0.25, -0.2) is 17.9 Å². The van der Waals surface area contributed by atoms with E-state index in [9.17, 15) is 17.6 Å². The quantitative estimate of drug-likeness (QED) is 0.912. The number of halogens is 2. The normalized spacial score (nSPS) is 17.0. The van der Waals surface area contributed by atoms with Crippen LogP contribution in [-0.4, -0.2) is 38.1 Å². The first-order valence-electron chi connectivity index (χ1n) is 6.51. The number of hydrogen-bond acceptors (Lipinski definition) is 3.